The molecule has 2 rings (SSSR count). The third-order valence-electron chi connectivity index (χ3n) is 9.36. The Hall–Kier alpha value is -2.57. The van der Waals surface area contributed by atoms with E-state index in [0.717, 1.165) is 57.8 Å². The Morgan fingerprint density at radius 3 is 1.88 bits per heavy atom. The summed E-state index contributed by atoms with van der Waals surface area (Å²) in [6.45, 7) is 2.44. The van der Waals surface area contributed by atoms with Crippen LogP contribution in [0.1, 0.15) is 90.9 Å². The molecule has 0 bridgehead atoms. The summed E-state index contributed by atoms with van der Waals surface area (Å²) in [6.07, 6.45) is 17.2. The first-order valence-corrected chi connectivity index (χ1v) is 20.2. The Morgan fingerprint density at radius 1 is 0.661 bits per heavy atom. The number of amides is 1. The van der Waals surface area contributed by atoms with E-state index >= 15 is 0 Å². The van der Waals surface area contributed by atoms with Crippen LogP contribution in [0.4, 0.5) is 0 Å². The number of allylic oxidation sites excluding steroid dienone is 11. The molecule has 2 heterocycles. The van der Waals surface area contributed by atoms with E-state index in [1.54, 1.807) is 6.08 Å². The lowest BCUT2D eigenvalue weighted by Crippen LogP contribution is -2.65. The van der Waals surface area contributed by atoms with E-state index < -0.39 is 86.8 Å². The van der Waals surface area contributed by atoms with E-state index in [2.05, 4.69) is 79.9 Å². The first-order valence-electron chi connectivity index (χ1n) is 20.2. The van der Waals surface area contributed by atoms with Crippen molar-refractivity contribution in [1.29, 1.82) is 0 Å². The van der Waals surface area contributed by atoms with Gasteiger partial charge in [-0.15, -0.1) is 0 Å². The minimum absolute atomic E-state index is 0.216. The smallest absolute Gasteiger partial charge is 0.220 e. The summed E-state index contributed by atoms with van der Waals surface area (Å²) in [6, 6.07) is -0.952. The molecule has 2 saturated heterocycles. The predicted octanol–water partition coefficient (Wildman–Crippen LogP) is 2.53. The molecule has 14 heteroatoms. The van der Waals surface area contributed by atoms with Crippen molar-refractivity contribution in [2.24, 2.45) is 0 Å². The highest BCUT2D eigenvalue weighted by Crippen LogP contribution is 2.29. The van der Waals surface area contributed by atoms with Gasteiger partial charge in [-0.05, 0) is 64.2 Å². The number of aliphatic hydroxyl groups excluding tert-OH is 8. The molecule has 320 valence electrons. The Bertz CT molecular complexity index is 1220. The Kier molecular flexibility index (Phi) is 26.2. The van der Waals surface area contributed by atoms with E-state index in [1.807, 2.05) is 6.08 Å². The molecule has 2 aliphatic rings. The fraction of sp³-hybridized carbons (Fsp3) is 0.690. The van der Waals surface area contributed by atoms with Gasteiger partial charge in [0.2, 0.25) is 5.91 Å². The number of ether oxygens (including phenoxy) is 4. The van der Waals surface area contributed by atoms with Crippen LogP contribution in [-0.2, 0) is 23.7 Å². The van der Waals surface area contributed by atoms with Gasteiger partial charge in [-0.25, -0.2) is 0 Å². The van der Waals surface area contributed by atoms with Crippen LogP contribution in [0.3, 0.4) is 0 Å². The molecule has 1 amide bonds. The first kappa shape index (κ1) is 49.6. The molecular weight excluding hydrogens is 726 g/mol. The molecule has 0 saturated carbocycles. The first-order chi connectivity index (χ1) is 27.1. The van der Waals surface area contributed by atoms with Crippen molar-refractivity contribution >= 4 is 5.91 Å². The van der Waals surface area contributed by atoms with E-state index in [1.165, 1.54) is 0 Å². The molecule has 0 aromatic rings. The summed E-state index contributed by atoms with van der Waals surface area (Å²) in [5.74, 6) is -0.301. The molecule has 12 atom stereocenters. The standard InChI is InChI=1S/C42H69NO13/c1-3-5-7-9-11-12-13-14-15-16-17-18-20-22-24-26-34(47)43-30(31(46)25-23-21-19-10-8-6-4-2)29-53-41-39(52)37(50)40(33(28-45)55-41)56-42-38(51)36(49)35(48)32(27-44)54-42/h5,7-8,10-12,14-15,17-18,23,25,30-33,35-42,44-46,48-52H,3-4,6,9,13,16,19-22,24,26-29H2,1-2H3,(H,43,47)/b7-5-,10-8+,12-11-,15-14-,18-17-,25-23+. The van der Waals surface area contributed by atoms with E-state index in [9.17, 15) is 45.6 Å². The van der Waals surface area contributed by atoms with Gasteiger partial charge in [-0.1, -0.05) is 93.2 Å². The number of carbonyl (C=O) groups is 1. The van der Waals surface area contributed by atoms with Gasteiger partial charge >= 0.3 is 0 Å². The number of aliphatic hydroxyl groups is 8. The quantitative estimate of drug-likeness (QED) is 0.0431. The maximum Gasteiger partial charge on any atom is 0.220 e. The Balaban J connectivity index is 1.94. The molecule has 0 aliphatic carbocycles. The highest BCUT2D eigenvalue weighted by atomic mass is 16.7. The molecule has 14 nitrogen and oxygen atoms in total. The zero-order chi connectivity index (χ0) is 41.1. The molecule has 0 radical (unpaired) electrons. The summed E-state index contributed by atoms with van der Waals surface area (Å²) in [5.41, 5.74) is 0. The van der Waals surface area contributed by atoms with Crippen molar-refractivity contribution in [2.75, 3.05) is 19.8 Å². The van der Waals surface area contributed by atoms with Crippen molar-refractivity contribution < 1.29 is 64.6 Å². The van der Waals surface area contributed by atoms with Crippen LogP contribution < -0.4 is 5.32 Å². The average Bonchev–Trinajstić information content (AvgIpc) is 3.19. The predicted molar refractivity (Wildman–Crippen MR) is 212 cm³/mol. The highest BCUT2D eigenvalue weighted by Gasteiger charge is 2.50. The van der Waals surface area contributed by atoms with Gasteiger partial charge in [0.15, 0.2) is 12.6 Å². The minimum atomic E-state index is -1.79. The molecule has 9 N–H and O–H groups in total. The summed E-state index contributed by atoms with van der Waals surface area (Å²) in [5, 5.41) is 85.9. The topological polar surface area (TPSA) is 228 Å². The van der Waals surface area contributed by atoms with Crippen LogP contribution in [0, 0.1) is 0 Å². The normalized spacial score (nSPS) is 30.2. The monoisotopic (exact) mass is 795 g/mol. The average molecular weight is 796 g/mol. The van der Waals surface area contributed by atoms with Gasteiger partial charge in [0.25, 0.3) is 0 Å². The lowest BCUT2D eigenvalue weighted by molar-refractivity contribution is -0.359. The van der Waals surface area contributed by atoms with Gasteiger partial charge in [-0.2, -0.15) is 0 Å². The fourth-order valence-electron chi connectivity index (χ4n) is 6.01. The molecule has 2 fully saturated rings. The van der Waals surface area contributed by atoms with Crippen LogP contribution in [0.25, 0.3) is 0 Å². The number of hydrogen-bond acceptors (Lipinski definition) is 13. The molecule has 12 unspecified atom stereocenters. The van der Waals surface area contributed by atoms with Gasteiger partial charge < -0.3 is 65.1 Å². The lowest BCUT2D eigenvalue weighted by Gasteiger charge is -2.46. The third kappa shape index (κ3) is 18.3. The third-order valence-corrected chi connectivity index (χ3v) is 9.36. The Labute approximate surface area is 332 Å². The second-order valence-electron chi connectivity index (χ2n) is 14.0. The second kappa shape index (κ2) is 29.6. The molecule has 0 spiro atoms. The van der Waals surface area contributed by atoms with Crippen molar-refractivity contribution in [3.63, 3.8) is 0 Å². The van der Waals surface area contributed by atoms with Crippen molar-refractivity contribution in [1.82, 2.24) is 5.32 Å². The number of carbonyl (C=O) groups excluding carboxylic acids is 1. The summed E-state index contributed by atoms with van der Waals surface area (Å²) < 4.78 is 22.4. The summed E-state index contributed by atoms with van der Waals surface area (Å²) >= 11 is 0. The summed E-state index contributed by atoms with van der Waals surface area (Å²) in [7, 11) is 0. The van der Waals surface area contributed by atoms with Crippen molar-refractivity contribution in [2.45, 2.75) is 164 Å². The van der Waals surface area contributed by atoms with Gasteiger partial charge in [-0.3, -0.25) is 4.79 Å². The maximum absolute atomic E-state index is 13.0. The Morgan fingerprint density at radius 2 is 1.23 bits per heavy atom. The van der Waals surface area contributed by atoms with Crippen LogP contribution >= 0.6 is 0 Å². The molecule has 56 heavy (non-hydrogen) atoms. The minimum Gasteiger partial charge on any atom is -0.394 e. The number of unbranched alkanes of at least 4 members (excludes halogenated alkanes) is 4. The lowest BCUT2D eigenvalue weighted by atomic mass is 9.97. The number of hydrogen-bond donors (Lipinski definition) is 9. The van der Waals surface area contributed by atoms with Crippen molar-refractivity contribution in [3.8, 4) is 0 Å². The van der Waals surface area contributed by atoms with Crippen LogP contribution in [0.15, 0.2) is 72.9 Å². The number of rotatable bonds is 27. The van der Waals surface area contributed by atoms with Crippen LogP contribution in [0.2, 0.25) is 0 Å². The maximum atomic E-state index is 13.0. The molecular formula is C42H69NO13. The van der Waals surface area contributed by atoms with Gasteiger partial charge in [0.1, 0.15) is 48.8 Å². The van der Waals surface area contributed by atoms with Crippen LogP contribution in [0.5, 0.6) is 0 Å². The number of nitrogens with one attached hydrogen (secondary N) is 1. The zero-order valence-corrected chi connectivity index (χ0v) is 33.1. The SMILES string of the molecule is CC/C=C\C/C=C\C/C=C\C/C=C\CCCCC(=O)NC(COC1OC(CO)C(OC2OC(CO)C(O)C(O)C2O)C(O)C1O)C(O)/C=C/CC/C=C/CCC. The van der Waals surface area contributed by atoms with Crippen molar-refractivity contribution in [3.05, 3.63) is 72.9 Å². The molecule has 0 aromatic heterocycles. The zero-order valence-electron chi connectivity index (χ0n) is 33.1. The largest absolute Gasteiger partial charge is 0.394 e. The summed E-state index contributed by atoms with van der Waals surface area (Å²) in [4.78, 5) is 13.0. The molecule has 0 aromatic carbocycles. The van der Waals surface area contributed by atoms with Gasteiger partial charge in [0, 0.05) is 6.42 Å². The van der Waals surface area contributed by atoms with E-state index in [0.29, 0.717) is 12.8 Å². The van der Waals surface area contributed by atoms with Gasteiger partial charge in [0.05, 0.1) is 32.0 Å². The van der Waals surface area contributed by atoms with E-state index in [-0.39, 0.29) is 18.9 Å². The highest BCUT2D eigenvalue weighted by molar-refractivity contribution is 5.76. The van der Waals surface area contributed by atoms with E-state index in [4.69, 9.17) is 18.9 Å². The molecule has 2 aliphatic heterocycles. The second-order valence-corrected chi connectivity index (χ2v) is 14.0. The fourth-order valence-corrected chi connectivity index (χ4v) is 6.01. The van der Waals surface area contributed by atoms with Crippen LogP contribution in [-0.4, -0.2) is 140 Å².